The predicted octanol–water partition coefficient (Wildman–Crippen LogP) is 2.79. The van der Waals surface area contributed by atoms with E-state index in [-0.39, 0.29) is 0 Å². The molecule has 2 heterocycles. The van der Waals surface area contributed by atoms with Crippen molar-refractivity contribution < 1.29 is 0 Å². The first-order valence-electron chi connectivity index (χ1n) is 5.38. The number of hydrogen-bond donors (Lipinski definition) is 2. The molecule has 3 heteroatoms. The Kier molecular flexibility index (Phi) is 2.03. The van der Waals surface area contributed by atoms with Gasteiger partial charge in [0.2, 0.25) is 0 Å². The second kappa shape index (κ2) is 3.52. The summed E-state index contributed by atoms with van der Waals surface area (Å²) in [5.41, 5.74) is 4.92. The van der Waals surface area contributed by atoms with Crippen LogP contribution in [0.1, 0.15) is 17.0 Å². The summed E-state index contributed by atoms with van der Waals surface area (Å²) < 4.78 is 0. The maximum Gasteiger partial charge on any atom is 0.0921 e. The van der Waals surface area contributed by atoms with Crippen molar-refractivity contribution in [1.82, 2.24) is 15.0 Å². The van der Waals surface area contributed by atoms with Crippen LogP contribution in [0.4, 0.5) is 0 Å². The highest BCUT2D eigenvalue weighted by Crippen LogP contribution is 2.22. The third-order valence-electron chi connectivity index (χ3n) is 2.99. The minimum atomic E-state index is 0.876. The minimum Gasteiger partial charge on any atom is -0.358 e. The number of H-pyrrole nitrogens is 2. The van der Waals surface area contributed by atoms with Crippen molar-refractivity contribution >= 4 is 10.9 Å². The van der Waals surface area contributed by atoms with Crippen LogP contribution in [0.3, 0.4) is 0 Å². The zero-order valence-electron chi connectivity index (χ0n) is 9.12. The van der Waals surface area contributed by atoms with Crippen molar-refractivity contribution in [2.75, 3.05) is 0 Å². The normalized spacial score (nSPS) is 11.1. The lowest BCUT2D eigenvalue weighted by Gasteiger charge is -1.96. The molecular formula is C13H13N3. The molecule has 3 aromatic rings. The smallest absolute Gasteiger partial charge is 0.0921 e. The molecule has 2 aromatic heterocycles. The van der Waals surface area contributed by atoms with Crippen molar-refractivity contribution in [3.05, 3.63) is 53.7 Å². The average Bonchev–Trinajstić information content (AvgIpc) is 2.90. The van der Waals surface area contributed by atoms with E-state index in [1.54, 1.807) is 6.33 Å². The summed E-state index contributed by atoms with van der Waals surface area (Å²) in [6.45, 7) is 2.16. The van der Waals surface area contributed by atoms with Gasteiger partial charge in [-0.05, 0) is 18.6 Å². The number of aromatic amines is 2. The van der Waals surface area contributed by atoms with Gasteiger partial charge in [0.25, 0.3) is 0 Å². The standard InChI is InChI=1S/C13H13N3/c1-9-11-4-2-3-5-12(11)16-13(9)6-10-7-14-8-15-10/h2-5,7-8,16H,6H2,1H3,(H,14,15). The number of nitrogens with zero attached hydrogens (tertiary/aromatic N) is 1. The van der Waals surface area contributed by atoms with Gasteiger partial charge in [-0.3, -0.25) is 0 Å². The summed E-state index contributed by atoms with van der Waals surface area (Å²) in [6.07, 6.45) is 4.46. The van der Waals surface area contributed by atoms with Crippen LogP contribution in [0.25, 0.3) is 10.9 Å². The number of benzene rings is 1. The number of rotatable bonds is 2. The molecule has 0 bridgehead atoms. The quantitative estimate of drug-likeness (QED) is 0.672. The summed E-state index contributed by atoms with van der Waals surface area (Å²) in [7, 11) is 0. The minimum absolute atomic E-state index is 0.876. The van der Waals surface area contributed by atoms with E-state index in [0.717, 1.165) is 12.1 Å². The number of nitrogens with one attached hydrogen (secondary N) is 2. The molecular weight excluding hydrogens is 198 g/mol. The molecule has 0 aliphatic heterocycles. The van der Waals surface area contributed by atoms with Crippen molar-refractivity contribution in [2.45, 2.75) is 13.3 Å². The van der Waals surface area contributed by atoms with E-state index in [2.05, 4.69) is 46.1 Å². The SMILES string of the molecule is Cc1c(Cc2cnc[nH]2)[nH]c2ccccc12. The Bertz CT molecular complexity index is 605. The molecule has 80 valence electrons. The molecule has 3 nitrogen and oxygen atoms in total. The Balaban J connectivity index is 2.07. The van der Waals surface area contributed by atoms with Gasteiger partial charge >= 0.3 is 0 Å². The third-order valence-corrected chi connectivity index (χ3v) is 2.99. The van der Waals surface area contributed by atoms with Crippen LogP contribution in [0, 0.1) is 6.92 Å². The lowest BCUT2D eigenvalue weighted by molar-refractivity contribution is 1.04. The largest absolute Gasteiger partial charge is 0.358 e. The maximum atomic E-state index is 4.03. The van der Waals surface area contributed by atoms with E-state index in [9.17, 15) is 0 Å². The van der Waals surface area contributed by atoms with E-state index in [1.165, 1.54) is 22.2 Å². The third kappa shape index (κ3) is 1.41. The summed E-state index contributed by atoms with van der Waals surface area (Å²) in [4.78, 5) is 10.6. The van der Waals surface area contributed by atoms with Gasteiger partial charge in [0.15, 0.2) is 0 Å². The van der Waals surface area contributed by atoms with Gasteiger partial charge in [-0.15, -0.1) is 0 Å². The number of hydrogen-bond acceptors (Lipinski definition) is 1. The molecule has 0 fully saturated rings. The van der Waals surface area contributed by atoms with Gasteiger partial charge in [-0.1, -0.05) is 18.2 Å². The second-order valence-electron chi connectivity index (χ2n) is 4.03. The van der Waals surface area contributed by atoms with E-state index in [1.807, 2.05) is 6.20 Å². The van der Waals surface area contributed by atoms with Gasteiger partial charge in [0.05, 0.1) is 6.33 Å². The molecule has 0 aliphatic carbocycles. The molecule has 3 rings (SSSR count). The van der Waals surface area contributed by atoms with Crippen LogP contribution >= 0.6 is 0 Å². The van der Waals surface area contributed by atoms with Crippen molar-refractivity contribution in [1.29, 1.82) is 0 Å². The van der Waals surface area contributed by atoms with Crippen LogP contribution in [0.15, 0.2) is 36.8 Å². The fraction of sp³-hybridized carbons (Fsp3) is 0.154. The highest BCUT2D eigenvalue weighted by Gasteiger charge is 2.07. The van der Waals surface area contributed by atoms with Crippen LogP contribution in [-0.4, -0.2) is 15.0 Å². The first kappa shape index (κ1) is 9.21. The van der Waals surface area contributed by atoms with Crippen LogP contribution in [0.5, 0.6) is 0 Å². The van der Waals surface area contributed by atoms with Gasteiger partial charge in [-0.2, -0.15) is 0 Å². The van der Waals surface area contributed by atoms with E-state index < -0.39 is 0 Å². The van der Waals surface area contributed by atoms with Gasteiger partial charge in [-0.25, -0.2) is 4.98 Å². The Hall–Kier alpha value is -2.03. The number of imidazole rings is 1. The maximum absolute atomic E-state index is 4.03. The van der Waals surface area contributed by atoms with E-state index in [0.29, 0.717) is 0 Å². The Morgan fingerprint density at radius 1 is 1.25 bits per heavy atom. The fourth-order valence-corrected chi connectivity index (χ4v) is 2.09. The van der Waals surface area contributed by atoms with Gasteiger partial charge in [0.1, 0.15) is 0 Å². The Morgan fingerprint density at radius 2 is 2.12 bits per heavy atom. The lowest BCUT2D eigenvalue weighted by Crippen LogP contribution is -1.90. The lowest BCUT2D eigenvalue weighted by atomic mass is 10.1. The first-order valence-corrected chi connectivity index (χ1v) is 5.38. The Labute approximate surface area is 93.5 Å². The molecule has 0 radical (unpaired) electrons. The second-order valence-corrected chi connectivity index (χ2v) is 4.03. The van der Waals surface area contributed by atoms with Gasteiger partial charge in [0, 0.05) is 34.9 Å². The Morgan fingerprint density at radius 3 is 2.88 bits per heavy atom. The molecule has 0 amide bonds. The van der Waals surface area contributed by atoms with Crippen molar-refractivity contribution in [2.24, 2.45) is 0 Å². The van der Waals surface area contributed by atoms with Crippen LogP contribution < -0.4 is 0 Å². The predicted molar refractivity (Wildman–Crippen MR) is 64.4 cm³/mol. The highest BCUT2D eigenvalue weighted by molar-refractivity contribution is 5.84. The van der Waals surface area contributed by atoms with E-state index in [4.69, 9.17) is 0 Å². The molecule has 0 saturated carbocycles. The molecule has 0 saturated heterocycles. The number of para-hydroxylation sites is 1. The molecule has 0 aliphatic rings. The summed E-state index contributed by atoms with van der Waals surface area (Å²) in [5, 5.41) is 1.30. The molecule has 1 aromatic carbocycles. The van der Waals surface area contributed by atoms with Crippen molar-refractivity contribution in [3.8, 4) is 0 Å². The molecule has 0 spiro atoms. The molecule has 0 unspecified atom stereocenters. The summed E-state index contributed by atoms with van der Waals surface area (Å²) in [5.74, 6) is 0. The molecule has 16 heavy (non-hydrogen) atoms. The number of aryl methyl sites for hydroxylation is 1. The highest BCUT2D eigenvalue weighted by atomic mass is 14.9. The number of fused-ring (bicyclic) bond motifs is 1. The number of aromatic nitrogens is 3. The average molecular weight is 211 g/mol. The van der Waals surface area contributed by atoms with Crippen LogP contribution in [-0.2, 0) is 6.42 Å². The topological polar surface area (TPSA) is 44.5 Å². The van der Waals surface area contributed by atoms with Crippen LogP contribution in [0.2, 0.25) is 0 Å². The monoisotopic (exact) mass is 211 g/mol. The first-order chi connectivity index (χ1) is 7.84. The zero-order chi connectivity index (χ0) is 11.0. The summed E-state index contributed by atoms with van der Waals surface area (Å²) >= 11 is 0. The van der Waals surface area contributed by atoms with Gasteiger partial charge < -0.3 is 9.97 Å². The zero-order valence-corrected chi connectivity index (χ0v) is 9.12. The fourth-order valence-electron chi connectivity index (χ4n) is 2.09. The molecule has 0 atom stereocenters. The van der Waals surface area contributed by atoms with Crippen molar-refractivity contribution in [3.63, 3.8) is 0 Å². The van der Waals surface area contributed by atoms with E-state index >= 15 is 0 Å². The molecule has 2 N–H and O–H groups in total. The summed E-state index contributed by atoms with van der Waals surface area (Å²) in [6, 6.07) is 8.39.